The zero-order chi connectivity index (χ0) is 13.8. The Morgan fingerprint density at radius 2 is 1.95 bits per heavy atom. The summed E-state index contributed by atoms with van der Waals surface area (Å²) in [5.74, 6) is 0.954. The van der Waals surface area contributed by atoms with Gasteiger partial charge in [-0.1, -0.05) is 12.1 Å². The van der Waals surface area contributed by atoms with Gasteiger partial charge >= 0.3 is 0 Å². The Hall–Kier alpha value is -1.06. The van der Waals surface area contributed by atoms with Gasteiger partial charge in [0.25, 0.3) is 0 Å². The number of nitrogens with one attached hydrogen (secondary N) is 1. The Bertz CT molecular complexity index is 411. The van der Waals surface area contributed by atoms with Gasteiger partial charge in [-0.25, -0.2) is 0 Å². The molecule has 1 unspecified atom stereocenters. The molecule has 3 heteroatoms. The van der Waals surface area contributed by atoms with Crippen molar-refractivity contribution in [1.29, 1.82) is 0 Å². The van der Waals surface area contributed by atoms with Gasteiger partial charge in [-0.2, -0.15) is 0 Å². The second kappa shape index (κ2) is 6.40. The molecule has 1 aliphatic carbocycles. The smallest absolute Gasteiger partial charge is 0.123 e. The number of aryl methyl sites for hydroxylation is 1. The van der Waals surface area contributed by atoms with Gasteiger partial charge in [0.05, 0.1) is 13.2 Å². The van der Waals surface area contributed by atoms with Crippen LogP contribution in [-0.2, 0) is 0 Å². The highest BCUT2D eigenvalue weighted by Gasteiger charge is 2.22. The van der Waals surface area contributed by atoms with Gasteiger partial charge in [0.15, 0.2) is 0 Å². The molecule has 0 amide bonds. The fourth-order valence-electron chi connectivity index (χ4n) is 2.86. The van der Waals surface area contributed by atoms with Gasteiger partial charge in [-0.15, -0.1) is 0 Å². The summed E-state index contributed by atoms with van der Waals surface area (Å²) in [6.45, 7) is 4.26. The minimum Gasteiger partial charge on any atom is -0.496 e. The van der Waals surface area contributed by atoms with Gasteiger partial charge in [0, 0.05) is 17.6 Å². The lowest BCUT2D eigenvalue weighted by Crippen LogP contribution is -2.36. The summed E-state index contributed by atoms with van der Waals surface area (Å²) < 4.78 is 5.47. The van der Waals surface area contributed by atoms with E-state index in [2.05, 4.69) is 37.4 Å². The van der Waals surface area contributed by atoms with Crippen molar-refractivity contribution in [1.82, 2.24) is 5.32 Å². The molecular formula is C16H25NO2. The van der Waals surface area contributed by atoms with Crippen LogP contribution in [0.2, 0.25) is 0 Å². The molecule has 1 aromatic carbocycles. The quantitative estimate of drug-likeness (QED) is 0.877. The Balaban J connectivity index is 2.01. The van der Waals surface area contributed by atoms with E-state index in [0.29, 0.717) is 6.04 Å². The van der Waals surface area contributed by atoms with E-state index in [4.69, 9.17) is 4.74 Å². The first kappa shape index (κ1) is 14.4. The topological polar surface area (TPSA) is 41.5 Å². The summed E-state index contributed by atoms with van der Waals surface area (Å²) in [5.41, 5.74) is 2.42. The monoisotopic (exact) mass is 263 g/mol. The molecule has 1 atom stereocenters. The Morgan fingerprint density at radius 3 is 2.58 bits per heavy atom. The fraction of sp³-hybridized carbons (Fsp3) is 0.625. The zero-order valence-corrected chi connectivity index (χ0v) is 12.1. The third kappa shape index (κ3) is 3.71. The summed E-state index contributed by atoms with van der Waals surface area (Å²) in [5, 5.41) is 13.2. The highest BCUT2D eigenvalue weighted by molar-refractivity contribution is 5.39. The number of hydrogen-bond donors (Lipinski definition) is 2. The summed E-state index contributed by atoms with van der Waals surface area (Å²) in [4.78, 5) is 0. The van der Waals surface area contributed by atoms with E-state index in [1.807, 2.05) is 0 Å². The van der Waals surface area contributed by atoms with Crippen LogP contribution in [-0.4, -0.2) is 24.4 Å². The van der Waals surface area contributed by atoms with Crippen LogP contribution in [0.5, 0.6) is 5.75 Å². The minimum atomic E-state index is -0.0951. The van der Waals surface area contributed by atoms with Gasteiger partial charge in [0.1, 0.15) is 5.75 Å². The van der Waals surface area contributed by atoms with E-state index in [0.717, 1.165) is 31.4 Å². The maximum Gasteiger partial charge on any atom is 0.123 e. The summed E-state index contributed by atoms with van der Waals surface area (Å²) >= 11 is 0. The molecule has 1 saturated carbocycles. The van der Waals surface area contributed by atoms with Crippen molar-refractivity contribution >= 4 is 0 Å². The molecule has 106 valence electrons. The van der Waals surface area contributed by atoms with E-state index in [1.54, 1.807) is 7.11 Å². The van der Waals surface area contributed by atoms with Crippen molar-refractivity contribution in [2.24, 2.45) is 0 Å². The largest absolute Gasteiger partial charge is 0.496 e. The molecule has 1 aromatic rings. The van der Waals surface area contributed by atoms with Crippen molar-refractivity contribution < 1.29 is 9.84 Å². The SMILES string of the molecule is COc1cc(C)ccc1C(C)NC1CCC(O)CC1. The number of aliphatic hydroxyl groups is 1. The number of rotatable bonds is 4. The Labute approximate surface area is 116 Å². The first-order valence-corrected chi connectivity index (χ1v) is 7.18. The molecule has 2 N–H and O–H groups in total. The van der Waals surface area contributed by atoms with E-state index in [1.165, 1.54) is 11.1 Å². The summed E-state index contributed by atoms with van der Waals surface area (Å²) in [6, 6.07) is 7.13. The molecule has 0 radical (unpaired) electrons. The summed E-state index contributed by atoms with van der Waals surface area (Å²) in [6.07, 6.45) is 3.84. The second-order valence-corrected chi connectivity index (χ2v) is 5.64. The van der Waals surface area contributed by atoms with Crippen LogP contribution in [0.4, 0.5) is 0 Å². The van der Waals surface area contributed by atoms with Crippen LogP contribution >= 0.6 is 0 Å². The summed E-state index contributed by atoms with van der Waals surface area (Å²) in [7, 11) is 1.72. The molecule has 0 bridgehead atoms. The Kier molecular flexibility index (Phi) is 4.83. The van der Waals surface area contributed by atoms with Gasteiger partial charge in [-0.3, -0.25) is 0 Å². The molecule has 1 fully saturated rings. The molecule has 1 aliphatic rings. The zero-order valence-electron chi connectivity index (χ0n) is 12.1. The molecular weight excluding hydrogens is 238 g/mol. The number of methoxy groups -OCH3 is 1. The van der Waals surface area contributed by atoms with Crippen molar-refractivity contribution in [3.05, 3.63) is 29.3 Å². The molecule has 0 heterocycles. The minimum absolute atomic E-state index is 0.0951. The molecule has 0 saturated heterocycles. The number of benzene rings is 1. The highest BCUT2D eigenvalue weighted by atomic mass is 16.5. The molecule has 0 aromatic heterocycles. The van der Waals surface area contributed by atoms with Crippen LogP contribution in [0.25, 0.3) is 0 Å². The van der Waals surface area contributed by atoms with Crippen molar-refractivity contribution in [3.8, 4) is 5.75 Å². The number of aliphatic hydroxyl groups excluding tert-OH is 1. The normalized spacial score (nSPS) is 25.1. The molecule has 19 heavy (non-hydrogen) atoms. The lowest BCUT2D eigenvalue weighted by molar-refractivity contribution is 0.114. The molecule has 0 aliphatic heterocycles. The third-order valence-electron chi connectivity index (χ3n) is 4.04. The van der Waals surface area contributed by atoms with Crippen LogP contribution in [0, 0.1) is 6.92 Å². The molecule has 0 spiro atoms. The predicted molar refractivity (Wildman–Crippen MR) is 77.5 cm³/mol. The third-order valence-corrected chi connectivity index (χ3v) is 4.04. The average molecular weight is 263 g/mol. The van der Waals surface area contributed by atoms with E-state index < -0.39 is 0 Å². The van der Waals surface area contributed by atoms with E-state index >= 15 is 0 Å². The highest BCUT2D eigenvalue weighted by Crippen LogP contribution is 2.28. The van der Waals surface area contributed by atoms with E-state index in [9.17, 15) is 5.11 Å². The maximum absolute atomic E-state index is 9.54. The van der Waals surface area contributed by atoms with Gasteiger partial charge < -0.3 is 15.2 Å². The first-order chi connectivity index (χ1) is 9.10. The van der Waals surface area contributed by atoms with E-state index in [-0.39, 0.29) is 12.1 Å². The Morgan fingerprint density at radius 1 is 1.26 bits per heavy atom. The van der Waals surface area contributed by atoms with Crippen molar-refractivity contribution in [2.75, 3.05) is 7.11 Å². The van der Waals surface area contributed by atoms with Gasteiger partial charge in [-0.05, 0) is 51.2 Å². The van der Waals surface area contributed by atoms with Crippen LogP contribution in [0.15, 0.2) is 18.2 Å². The molecule has 3 nitrogen and oxygen atoms in total. The first-order valence-electron chi connectivity index (χ1n) is 7.18. The van der Waals surface area contributed by atoms with Crippen LogP contribution < -0.4 is 10.1 Å². The lowest BCUT2D eigenvalue weighted by atomic mass is 9.92. The molecule has 2 rings (SSSR count). The second-order valence-electron chi connectivity index (χ2n) is 5.64. The van der Waals surface area contributed by atoms with Crippen LogP contribution in [0.3, 0.4) is 0 Å². The predicted octanol–water partition coefficient (Wildman–Crippen LogP) is 2.96. The van der Waals surface area contributed by atoms with Crippen molar-refractivity contribution in [2.45, 2.75) is 57.7 Å². The standard InChI is InChI=1S/C16H25NO2/c1-11-4-9-15(16(10-11)19-3)12(2)17-13-5-7-14(18)8-6-13/h4,9-10,12-14,17-18H,5-8H2,1-3H3. The van der Waals surface area contributed by atoms with Crippen LogP contribution in [0.1, 0.15) is 49.8 Å². The number of ether oxygens (including phenoxy) is 1. The van der Waals surface area contributed by atoms with Gasteiger partial charge in [0.2, 0.25) is 0 Å². The van der Waals surface area contributed by atoms with Crippen molar-refractivity contribution in [3.63, 3.8) is 0 Å². The lowest BCUT2D eigenvalue weighted by Gasteiger charge is -2.29. The average Bonchev–Trinajstić information content (AvgIpc) is 2.41. The maximum atomic E-state index is 9.54. The number of hydrogen-bond acceptors (Lipinski definition) is 3. The fourth-order valence-corrected chi connectivity index (χ4v) is 2.86.